The van der Waals surface area contributed by atoms with Crippen LogP contribution < -0.4 is 10.5 Å². The van der Waals surface area contributed by atoms with Crippen LogP contribution in [0.2, 0.25) is 0 Å². The Labute approximate surface area is 115 Å². The number of nitrogens with one attached hydrogen (secondary N) is 1. The first kappa shape index (κ1) is 13.8. The van der Waals surface area contributed by atoms with Gasteiger partial charge in [-0.3, -0.25) is 14.8 Å². The Morgan fingerprint density at radius 3 is 2.30 bits per heavy atom. The summed E-state index contributed by atoms with van der Waals surface area (Å²) in [4.78, 5) is 9.75. The van der Waals surface area contributed by atoms with Gasteiger partial charge in [0.1, 0.15) is 4.90 Å². The molecule has 0 aliphatic heterocycles. The summed E-state index contributed by atoms with van der Waals surface area (Å²) in [6.07, 6.45) is 0. The molecule has 0 saturated heterocycles. The van der Waals surface area contributed by atoms with Crippen LogP contribution in [-0.4, -0.2) is 13.3 Å². The van der Waals surface area contributed by atoms with E-state index in [2.05, 4.69) is 4.72 Å². The number of anilines is 2. The third kappa shape index (κ3) is 2.86. The molecule has 8 heteroatoms. The number of nitrogens with two attached hydrogens (primary N) is 1. The third-order valence-corrected chi connectivity index (χ3v) is 3.97. The number of nitrogen functional groups attached to an aromatic ring is 1. The summed E-state index contributed by atoms with van der Waals surface area (Å²) in [6, 6.07) is 11.5. The van der Waals surface area contributed by atoms with Crippen LogP contribution in [0.3, 0.4) is 0 Å². The highest BCUT2D eigenvalue weighted by atomic mass is 32.2. The van der Waals surface area contributed by atoms with Gasteiger partial charge in [0.2, 0.25) is 0 Å². The number of hydrogen-bond acceptors (Lipinski definition) is 5. The molecular formula is C12H11N3O4S. The minimum atomic E-state index is -3.88. The van der Waals surface area contributed by atoms with Gasteiger partial charge in [0.05, 0.1) is 10.6 Å². The van der Waals surface area contributed by atoms with E-state index in [-0.39, 0.29) is 16.3 Å². The standard InChI is InChI=1S/C12H11N3O4S/c13-11-8-10(15(16)17)6-7-12(11)20(18,19)14-9-4-2-1-3-5-9/h1-8,14H,13H2. The van der Waals surface area contributed by atoms with Crippen molar-refractivity contribution in [1.82, 2.24) is 0 Å². The summed E-state index contributed by atoms with van der Waals surface area (Å²) < 4.78 is 26.6. The summed E-state index contributed by atoms with van der Waals surface area (Å²) in [7, 11) is -3.88. The first-order valence-corrected chi connectivity index (χ1v) is 7.00. The average Bonchev–Trinajstić information content (AvgIpc) is 2.38. The maximum absolute atomic E-state index is 12.1. The minimum Gasteiger partial charge on any atom is -0.397 e. The van der Waals surface area contributed by atoms with Crippen LogP contribution in [0.25, 0.3) is 0 Å². The van der Waals surface area contributed by atoms with Crippen LogP contribution in [0.1, 0.15) is 0 Å². The van der Waals surface area contributed by atoms with Crippen LogP contribution in [0.5, 0.6) is 0 Å². The molecule has 0 aliphatic carbocycles. The second kappa shape index (κ2) is 5.17. The predicted molar refractivity (Wildman–Crippen MR) is 74.8 cm³/mol. The number of nitro groups is 1. The van der Waals surface area contributed by atoms with Crippen molar-refractivity contribution in [2.24, 2.45) is 0 Å². The number of para-hydroxylation sites is 1. The SMILES string of the molecule is Nc1cc([N+](=O)[O-])ccc1S(=O)(=O)Nc1ccccc1. The fourth-order valence-corrected chi connectivity index (χ4v) is 2.78. The number of sulfonamides is 1. The maximum atomic E-state index is 12.1. The van der Waals surface area contributed by atoms with Crippen LogP contribution >= 0.6 is 0 Å². The molecule has 2 aromatic carbocycles. The molecule has 20 heavy (non-hydrogen) atoms. The Bertz CT molecular complexity index is 745. The summed E-state index contributed by atoms with van der Waals surface area (Å²) in [5.74, 6) is 0. The molecule has 0 bridgehead atoms. The number of rotatable bonds is 4. The molecule has 0 atom stereocenters. The smallest absolute Gasteiger partial charge is 0.271 e. The van der Waals surface area contributed by atoms with Crippen LogP contribution in [0.15, 0.2) is 53.4 Å². The first-order chi connectivity index (χ1) is 9.40. The normalized spacial score (nSPS) is 11.0. The van der Waals surface area contributed by atoms with E-state index in [4.69, 9.17) is 5.73 Å². The van der Waals surface area contributed by atoms with E-state index in [1.807, 2.05) is 0 Å². The highest BCUT2D eigenvalue weighted by Gasteiger charge is 2.20. The summed E-state index contributed by atoms with van der Waals surface area (Å²) in [6.45, 7) is 0. The molecule has 2 aromatic rings. The van der Waals surface area contributed by atoms with Gasteiger partial charge in [-0.15, -0.1) is 0 Å². The lowest BCUT2D eigenvalue weighted by Gasteiger charge is -2.09. The molecule has 0 fully saturated rings. The number of nitro benzene ring substituents is 1. The van der Waals surface area contributed by atoms with Crippen molar-refractivity contribution in [1.29, 1.82) is 0 Å². The lowest BCUT2D eigenvalue weighted by atomic mass is 10.3. The summed E-state index contributed by atoms with van der Waals surface area (Å²) >= 11 is 0. The van der Waals surface area contributed by atoms with Crippen LogP contribution in [-0.2, 0) is 10.0 Å². The monoisotopic (exact) mass is 293 g/mol. The van der Waals surface area contributed by atoms with E-state index in [1.165, 1.54) is 0 Å². The molecule has 0 spiro atoms. The molecule has 0 unspecified atom stereocenters. The van der Waals surface area contributed by atoms with Gasteiger partial charge in [-0.05, 0) is 18.2 Å². The second-order valence-corrected chi connectivity index (χ2v) is 5.60. The zero-order valence-electron chi connectivity index (χ0n) is 10.2. The van der Waals surface area contributed by atoms with Crippen molar-refractivity contribution in [2.75, 3.05) is 10.5 Å². The molecule has 0 saturated carbocycles. The number of benzene rings is 2. The molecule has 2 rings (SSSR count). The van der Waals surface area contributed by atoms with Crippen LogP contribution in [0, 0.1) is 10.1 Å². The Morgan fingerprint density at radius 1 is 1.10 bits per heavy atom. The van der Waals surface area contributed by atoms with Gasteiger partial charge in [0.25, 0.3) is 15.7 Å². The van der Waals surface area contributed by atoms with Crippen molar-refractivity contribution < 1.29 is 13.3 Å². The lowest BCUT2D eigenvalue weighted by molar-refractivity contribution is -0.384. The topological polar surface area (TPSA) is 115 Å². The molecule has 3 N–H and O–H groups in total. The predicted octanol–water partition coefficient (Wildman–Crippen LogP) is 1.98. The summed E-state index contributed by atoms with van der Waals surface area (Å²) in [5.41, 5.74) is 5.51. The van der Waals surface area contributed by atoms with Crippen molar-refractivity contribution in [2.45, 2.75) is 4.90 Å². The molecule has 0 heterocycles. The van der Waals surface area contributed by atoms with Crippen molar-refractivity contribution in [3.05, 3.63) is 58.6 Å². The fraction of sp³-hybridized carbons (Fsp3) is 0. The fourth-order valence-electron chi connectivity index (χ4n) is 1.61. The van der Waals surface area contributed by atoms with Gasteiger partial charge >= 0.3 is 0 Å². The quantitative estimate of drug-likeness (QED) is 0.508. The lowest BCUT2D eigenvalue weighted by Crippen LogP contribution is -2.14. The molecular weight excluding hydrogens is 282 g/mol. The maximum Gasteiger partial charge on any atom is 0.271 e. The minimum absolute atomic E-state index is 0.178. The van der Waals surface area contributed by atoms with E-state index >= 15 is 0 Å². The van der Waals surface area contributed by atoms with Crippen molar-refractivity contribution in [3.63, 3.8) is 0 Å². The summed E-state index contributed by atoms with van der Waals surface area (Å²) in [5, 5.41) is 10.6. The van der Waals surface area contributed by atoms with E-state index < -0.39 is 14.9 Å². The Morgan fingerprint density at radius 2 is 1.75 bits per heavy atom. The highest BCUT2D eigenvalue weighted by Crippen LogP contribution is 2.25. The van der Waals surface area contributed by atoms with E-state index in [0.29, 0.717) is 5.69 Å². The van der Waals surface area contributed by atoms with Gasteiger partial charge in [0.15, 0.2) is 0 Å². The second-order valence-electron chi connectivity index (χ2n) is 3.95. The molecule has 7 nitrogen and oxygen atoms in total. The molecule has 0 aromatic heterocycles. The zero-order valence-corrected chi connectivity index (χ0v) is 11.0. The largest absolute Gasteiger partial charge is 0.397 e. The van der Waals surface area contributed by atoms with Gasteiger partial charge < -0.3 is 5.73 Å². The van der Waals surface area contributed by atoms with E-state index in [1.54, 1.807) is 30.3 Å². The third-order valence-electron chi connectivity index (χ3n) is 2.52. The Kier molecular flexibility index (Phi) is 3.57. The molecule has 104 valence electrons. The average molecular weight is 293 g/mol. The number of non-ortho nitro benzene ring substituents is 1. The Hall–Kier alpha value is -2.61. The van der Waals surface area contributed by atoms with Crippen molar-refractivity contribution >= 4 is 27.1 Å². The first-order valence-electron chi connectivity index (χ1n) is 5.52. The van der Waals surface area contributed by atoms with Gasteiger partial charge in [-0.25, -0.2) is 8.42 Å². The van der Waals surface area contributed by atoms with E-state index in [9.17, 15) is 18.5 Å². The van der Waals surface area contributed by atoms with Crippen molar-refractivity contribution in [3.8, 4) is 0 Å². The number of hydrogen-bond donors (Lipinski definition) is 2. The molecule has 0 amide bonds. The van der Waals surface area contributed by atoms with E-state index in [0.717, 1.165) is 18.2 Å². The molecule has 0 aliphatic rings. The van der Waals surface area contributed by atoms with Gasteiger partial charge in [0, 0.05) is 17.8 Å². The Balaban J connectivity index is 2.37. The molecule has 0 radical (unpaired) electrons. The highest BCUT2D eigenvalue weighted by molar-refractivity contribution is 7.92. The zero-order chi connectivity index (χ0) is 14.8. The van der Waals surface area contributed by atoms with Crippen LogP contribution in [0.4, 0.5) is 17.1 Å². The van der Waals surface area contributed by atoms with Gasteiger partial charge in [-0.2, -0.15) is 0 Å². The van der Waals surface area contributed by atoms with Gasteiger partial charge in [-0.1, -0.05) is 18.2 Å². The number of nitrogens with zero attached hydrogens (tertiary/aromatic N) is 1.